The van der Waals surface area contributed by atoms with Crippen LogP contribution in [0.15, 0.2) is 0 Å². The van der Waals surface area contributed by atoms with Crippen LogP contribution in [0.25, 0.3) is 0 Å². The van der Waals surface area contributed by atoms with Gasteiger partial charge in [-0.05, 0) is 24.0 Å². The first-order valence-corrected chi connectivity index (χ1v) is 8.28. The lowest BCUT2D eigenvalue weighted by atomic mass is 9.89. The first kappa shape index (κ1) is 16.4. The summed E-state index contributed by atoms with van der Waals surface area (Å²) in [6, 6.07) is 0. The van der Waals surface area contributed by atoms with Crippen molar-refractivity contribution < 1.29 is 0 Å². The van der Waals surface area contributed by atoms with Gasteiger partial charge in [0.2, 0.25) is 0 Å². The van der Waals surface area contributed by atoms with E-state index >= 15 is 0 Å². The van der Waals surface area contributed by atoms with Gasteiger partial charge in [0.05, 0.1) is 0 Å². The lowest BCUT2D eigenvalue weighted by Gasteiger charge is -2.18. The number of thioether (sulfide) groups is 1. The summed E-state index contributed by atoms with van der Waals surface area (Å²) in [5, 5.41) is 0.872. The quantitative estimate of drug-likeness (QED) is 0.440. The van der Waals surface area contributed by atoms with Gasteiger partial charge in [-0.1, -0.05) is 66.7 Å². The molecule has 0 rings (SSSR count). The van der Waals surface area contributed by atoms with Gasteiger partial charge in [-0.15, -0.1) is 0 Å². The van der Waals surface area contributed by atoms with E-state index in [1.807, 2.05) is 0 Å². The Bertz CT molecular complexity index is 144. The Balaban J connectivity index is 3.33. The average Bonchev–Trinajstić information content (AvgIpc) is 2.27. The van der Waals surface area contributed by atoms with Gasteiger partial charge in [0, 0.05) is 5.25 Å². The summed E-state index contributed by atoms with van der Waals surface area (Å²) in [6.45, 7) is 11.8. The van der Waals surface area contributed by atoms with Gasteiger partial charge in [-0.2, -0.15) is 11.8 Å². The van der Waals surface area contributed by atoms with Gasteiger partial charge in [0.15, 0.2) is 0 Å². The van der Waals surface area contributed by atoms with Crippen molar-refractivity contribution in [1.29, 1.82) is 0 Å². The lowest BCUT2D eigenvalue weighted by molar-refractivity contribution is 0.342. The molecular weight excluding hydrogens is 212 g/mol. The van der Waals surface area contributed by atoms with Crippen LogP contribution in [0.3, 0.4) is 0 Å². The predicted octanol–water partition coefficient (Wildman–Crippen LogP) is 5.76. The second-order valence-electron chi connectivity index (χ2n) is 5.27. The van der Waals surface area contributed by atoms with Crippen LogP contribution < -0.4 is 0 Å². The van der Waals surface area contributed by atoms with Crippen LogP contribution in [-0.4, -0.2) is 11.0 Å². The Morgan fingerprint density at radius 3 is 2.00 bits per heavy atom. The topological polar surface area (TPSA) is 0 Å². The number of hydrogen-bond acceptors (Lipinski definition) is 1. The number of rotatable bonds is 10. The highest BCUT2D eigenvalue weighted by Crippen LogP contribution is 2.22. The van der Waals surface area contributed by atoms with Gasteiger partial charge in [-0.3, -0.25) is 0 Å². The smallest absolute Gasteiger partial charge is 0.00186 e. The van der Waals surface area contributed by atoms with Gasteiger partial charge in [0.1, 0.15) is 0 Å². The summed E-state index contributed by atoms with van der Waals surface area (Å²) in [6.07, 6.45) is 8.50. The molecule has 98 valence electrons. The van der Waals surface area contributed by atoms with Crippen molar-refractivity contribution in [3.63, 3.8) is 0 Å². The fraction of sp³-hybridized carbons (Fsp3) is 1.00. The van der Waals surface area contributed by atoms with Crippen molar-refractivity contribution in [3.8, 4) is 0 Å². The zero-order valence-electron chi connectivity index (χ0n) is 12.1. The first-order chi connectivity index (χ1) is 7.61. The highest BCUT2D eigenvalue weighted by molar-refractivity contribution is 7.99. The molecule has 0 fully saturated rings. The highest BCUT2D eigenvalue weighted by atomic mass is 32.2. The lowest BCUT2D eigenvalue weighted by Crippen LogP contribution is -2.06. The molecule has 0 aliphatic heterocycles. The van der Waals surface area contributed by atoms with E-state index in [2.05, 4.69) is 46.4 Å². The molecule has 0 spiro atoms. The minimum Gasteiger partial charge on any atom is -0.159 e. The summed E-state index contributed by atoms with van der Waals surface area (Å²) >= 11 is 2.10. The van der Waals surface area contributed by atoms with Crippen LogP contribution in [0, 0.1) is 11.8 Å². The van der Waals surface area contributed by atoms with Crippen LogP contribution in [0.1, 0.15) is 73.1 Å². The third-order valence-corrected chi connectivity index (χ3v) is 4.97. The van der Waals surface area contributed by atoms with Crippen LogP contribution in [0.2, 0.25) is 0 Å². The minimum absolute atomic E-state index is 0.872. The summed E-state index contributed by atoms with van der Waals surface area (Å²) in [5.41, 5.74) is 0. The van der Waals surface area contributed by atoms with Gasteiger partial charge in [-0.25, -0.2) is 0 Å². The summed E-state index contributed by atoms with van der Waals surface area (Å²) in [4.78, 5) is 0. The maximum absolute atomic E-state index is 2.42. The van der Waals surface area contributed by atoms with Crippen molar-refractivity contribution in [3.05, 3.63) is 0 Å². The van der Waals surface area contributed by atoms with Crippen molar-refractivity contribution in [1.82, 2.24) is 0 Å². The third-order valence-electron chi connectivity index (χ3n) is 3.84. The minimum atomic E-state index is 0.872. The zero-order valence-corrected chi connectivity index (χ0v) is 12.9. The fourth-order valence-electron chi connectivity index (χ4n) is 2.13. The van der Waals surface area contributed by atoms with E-state index in [0.29, 0.717) is 0 Å². The zero-order chi connectivity index (χ0) is 12.4. The maximum atomic E-state index is 2.42. The molecule has 1 heteroatoms. The monoisotopic (exact) mass is 244 g/mol. The highest BCUT2D eigenvalue weighted by Gasteiger charge is 2.09. The van der Waals surface area contributed by atoms with E-state index in [-0.39, 0.29) is 0 Å². The molecule has 0 aliphatic carbocycles. The van der Waals surface area contributed by atoms with Gasteiger partial charge >= 0.3 is 0 Å². The average molecular weight is 244 g/mol. The third kappa shape index (κ3) is 8.50. The normalized spacial score (nSPS) is 17.1. The van der Waals surface area contributed by atoms with Crippen LogP contribution >= 0.6 is 11.8 Å². The molecule has 16 heavy (non-hydrogen) atoms. The summed E-state index contributed by atoms with van der Waals surface area (Å²) in [7, 11) is 0. The molecular formula is C15H32S. The van der Waals surface area contributed by atoms with Crippen LogP contribution in [0.5, 0.6) is 0 Å². The molecule has 0 heterocycles. The van der Waals surface area contributed by atoms with Gasteiger partial charge in [0.25, 0.3) is 0 Å². The molecule has 3 atom stereocenters. The van der Waals surface area contributed by atoms with E-state index in [4.69, 9.17) is 0 Å². The fourth-order valence-corrected chi connectivity index (χ4v) is 3.03. The predicted molar refractivity (Wildman–Crippen MR) is 79.3 cm³/mol. The molecule has 0 bridgehead atoms. The molecule has 0 N–H and O–H groups in total. The summed E-state index contributed by atoms with van der Waals surface area (Å²) in [5.74, 6) is 3.11. The largest absolute Gasteiger partial charge is 0.159 e. The van der Waals surface area contributed by atoms with Crippen molar-refractivity contribution in [2.45, 2.75) is 78.4 Å². The van der Waals surface area contributed by atoms with Crippen LogP contribution in [-0.2, 0) is 0 Å². The number of unbranched alkanes of at least 4 members (excludes halogenated alkanes) is 2. The first-order valence-electron chi connectivity index (χ1n) is 7.23. The Morgan fingerprint density at radius 2 is 1.44 bits per heavy atom. The van der Waals surface area contributed by atoms with Crippen molar-refractivity contribution in [2.24, 2.45) is 11.8 Å². The Labute approximate surface area is 108 Å². The molecule has 0 radical (unpaired) electrons. The molecule has 0 aliphatic rings. The Kier molecular flexibility index (Phi) is 10.7. The van der Waals surface area contributed by atoms with E-state index in [1.165, 1.54) is 44.3 Å². The second kappa shape index (κ2) is 10.5. The van der Waals surface area contributed by atoms with E-state index in [1.54, 1.807) is 0 Å². The maximum Gasteiger partial charge on any atom is 0.00186 e. The molecule has 0 saturated carbocycles. The molecule has 0 saturated heterocycles. The molecule has 0 aromatic carbocycles. The Morgan fingerprint density at radius 1 is 0.812 bits per heavy atom. The molecule has 0 aromatic rings. The summed E-state index contributed by atoms with van der Waals surface area (Å²) < 4.78 is 0. The van der Waals surface area contributed by atoms with Crippen molar-refractivity contribution in [2.75, 3.05) is 5.75 Å². The molecule has 0 amide bonds. The van der Waals surface area contributed by atoms with E-state index in [0.717, 1.165) is 17.1 Å². The SMILES string of the molecule is CCSC(C)CCCCCC(C)[C@H](C)CC. The second-order valence-corrected chi connectivity index (χ2v) is 6.98. The molecule has 2 unspecified atom stereocenters. The Hall–Kier alpha value is 0.350. The van der Waals surface area contributed by atoms with E-state index < -0.39 is 0 Å². The standard InChI is InChI=1S/C15H32S/c1-6-13(3)14(4)11-9-8-10-12-15(5)16-7-2/h13-15H,6-12H2,1-5H3/t13-,14?,15?/m1/s1. The van der Waals surface area contributed by atoms with Gasteiger partial charge < -0.3 is 0 Å². The number of hydrogen-bond donors (Lipinski definition) is 0. The molecule has 0 aromatic heterocycles. The van der Waals surface area contributed by atoms with Crippen LogP contribution in [0.4, 0.5) is 0 Å². The molecule has 0 nitrogen and oxygen atoms in total. The van der Waals surface area contributed by atoms with E-state index in [9.17, 15) is 0 Å². The van der Waals surface area contributed by atoms with Crippen molar-refractivity contribution >= 4 is 11.8 Å².